The first-order valence-electron chi connectivity index (χ1n) is 5.79. The third-order valence-corrected chi connectivity index (χ3v) is 2.85. The highest BCUT2D eigenvalue weighted by Gasteiger charge is 2.11. The molecule has 0 saturated heterocycles. The summed E-state index contributed by atoms with van der Waals surface area (Å²) in [7, 11) is 3.03. The topological polar surface area (TPSA) is 60.5 Å². The number of benzene rings is 1. The average Bonchev–Trinajstić information content (AvgIpc) is 2.47. The van der Waals surface area contributed by atoms with Gasteiger partial charge in [-0.25, -0.2) is 4.98 Å². The molecular formula is C14H13ClN2O3. The zero-order valence-electron chi connectivity index (χ0n) is 11.0. The Morgan fingerprint density at radius 2 is 2.00 bits per heavy atom. The highest BCUT2D eigenvalue weighted by atomic mass is 35.5. The van der Waals surface area contributed by atoms with Crippen molar-refractivity contribution < 1.29 is 14.3 Å². The Labute approximate surface area is 121 Å². The van der Waals surface area contributed by atoms with Crippen LogP contribution in [-0.2, 0) is 0 Å². The van der Waals surface area contributed by atoms with E-state index in [2.05, 4.69) is 10.3 Å². The van der Waals surface area contributed by atoms with Crippen molar-refractivity contribution in [2.45, 2.75) is 0 Å². The van der Waals surface area contributed by atoms with E-state index in [-0.39, 0.29) is 5.91 Å². The van der Waals surface area contributed by atoms with Crippen LogP contribution < -0.4 is 14.8 Å². The molecule has 1 amide bonds. The molecule has 2 rings (SSSR count). The Balaban J connectivity index is 2.20. The van der Waals surface area contributed by atoms with E-state index in [9.17, 15) is 4.79 Å². The first-order chi connectivity index (χ1) is 9.63. The first kappa shape index (κ1) is 14.1. The summed E-state index contributed by atoms with van der Waals surface area (Å²) in [6.07, 6.45) is 1.44. The number of hydrogen-bond donors (Lipinski definition) is 1. The number of anilines is 1. The monoisotopic (exact) mass is 292 g/mol. The minimum atomic E-state index is -0.305. The van der Waals surface area contributed by atoms with Crippen molar-refractivity contribution in [3.8, 4) is 11.6 Å². The van der Waals surface area contributed by atoms with Gasteiger partial charge >= 0.3 is 0 Å². The Bertz CT molecular complexity index is 614. The maximum absolute atomic E-state index is 12.1. The third-order valence-electron chi connectivity index (χ3n) is 2.62. The predicted molar refractivity (Wildman–Crippen MR) is 76.7 cm³/mol. The number of nitrogens with one attached hydrogen (secondary N) is 1. The second-order valence-corrected chi connectivity index (χ2v) is 4.32. The number of carbonyl (C=O) groups is 1. The Morgan fingerprint density at radius 1 is 1.20 bits per heavy atom. The second kappa shape index (κ2) is 6.25. The summed E-state index contributed by atoms with van der Waals surface area (Å²) in [5, 5.41) is 3.24. The van der Waals surface area contributed by atoms with Gasteiger partial charge in [0.1, 0.15) is 5.75 Å². The van der Waals surface area contributed by atoms with E-state index >= 15 is 0 Å². The third kappa shape index (κ3) is 3.19. The van der Waals surface area contributed by atoms with Crippen LogP contribution in [0.4, 0.5) is 5.69 Å². The molecule has 1 N–H and O–H groups in total. The number of hydrogen-bond acceptors (Lipinski definition) is 4. The van der Waals surface area contributed by atoms with Crippen LogP contribution in [0.1, 0.15) is 10.4 Å². The van der Waals surface area contributed by atoms with E-state index in [0.29, 0.717) is 27.9 Å². The van der Waals surface area contributed by atoms with Crippen molar-refractivity contribution in [2.24, 2.45) is 0 Å². The van der Waals surface area contributed by atoms with Gasteiger partial charge in [-0.15, -0.1) is 0 Å². The lowest BCUT2D eigenvalue weighted by atomic mass is 10.2. The molecule has 0 unspecified atom stereocenters. The standard InChI is InChI=1S/C14H13ClN2O3/c1-19-12-5-4-10(15)7-11(12)17-14(18)9-3-6-13(20-2)16-8-9/h3-8H,1-2H3,(H,17,18). The largest absolute Gasteiger partial charge is 0.495 e. The molecule has 0 saturated carbocycles. The molecule has 1 aromatic heterocycles. The summed E-state index contributed by atoms with van der Waals surface area (Å²) >= 11 is 5.91. The van der Waals surface area contributed by atoms with Gasteiger partial charge in [0.15, 0.2) is 0 Å². The number of aromatic nitrogens is 1. The van der Waals surface area contributed by atoms with Gasteiger partial charge in [-0.1, -0.05) is 11.6 Å². The highest BCUT2D eigenvalue weighted by molar-refractivity contribution is 6.31. The van der Waals surface area contributed by atoms with Gasteiger partial charge in [0.2, 0.25) is 5.88 Å². The normalized spacial score (nSPS) is 9.95. The molecule has 0 atom stereocenters. The molecule has 0 aliphatic heterocycles. The van der Waals surface area contributed by atoms with Crippen molar-refractivity contribution in [3.05, 3.63) is 47.1 Å². The lowest BCUT2D eigenvalue weighted by molar-refractivity contribution is 0.102. The van der Waals surface area contributed by atoms with E-state index in [4.69, 9.17) is 21.1 Å². The zero-order valence-corrected chi connectivity index (χ0v) is 11.8. The molecular weight excluding hydrogens is 280 g/mol. The zero-order chi connectivity index (χ0) is 14.5. The van der Waals surface area contributed by atoms with Gasteiger partial charge in [-0.2, -0.15) is 0 Å². The molecule has 1 aromatic carbocycles. The van der Waals surface area contributed by atoms with Gasteiger partial charge in [-0.3, -0.25) is 4.79 Å². The molecule has 1 heterocycles. The van der Waals surface area contributed by atoms with E-state index in [1.54, 1.807) is 30.3 Å². The predicted octanol–water partition coefficient (Wildman–Crippen LogP) is 3.00. The van der Waals surface area contributed by atoms with Crippen LogP contribution in [0.25, 0.3) is 0 Å². The molecule has 20 heavy (non-hydrogen) atoms. The molecule has 5 nitrogen and oxygen atoms in total. The van der Waals surface area contributed by atoms with Gasteiger partial charge < -0.3 is 14.8 Å². The number of amides is 1. The van der Waals surface area contributed by atoms with Crippen molar-refractivity contribution in [1.29, 1.82) is 0 Å². The van der Waals surface area contributed by atoms with Crippen LogP contribution in [0.3, 0.4) is 0 Å². The van der Waals surface area contributed by atoms with Crippen LogP contribution in [0.5, 0.6) is 11.6 Å². The lowest BCUT2D eigenvalue weighted by Crippen LogP contribution is -2.13. The fourth-order valence-corrected chi connectivity index (χ4v) is 1.78. The van der Waals surface area contributed by atoms with Crippen LogP contribution in [0, 0.1) is 0 Å². The van der Waals surface area contributed by atoms with Crippen LogP contribution in [0.2, 0.25) is 5.02 Å². The molecule has 0 aliphatic rings. The highest BCUT2D eigenvalue weighted by Crippen LogP contribution is 2.28. The molecule has 0 spiro atoms. The summed E-state index contributed by atoms with van der Waals surface area (Å²) in [6.45, 7) is 0. The molecule has 6 heteroatoms. The molecule has 0 radical (unpaired) electrons. The smallest absolute Gasteiger partial charge is 0.257 e. The maximum Gasteiger partial charge on any atom is 0.257 e. The molecule has 0 bridgehead atoms. The van der Waals surface area contributed by atoms with Gasteiger partial charge in [0, 0.05) is 17.3 Å². The van der Waals surface area contributed by atoms with Gasteiger partial charge in [-0.05, 0) is 24.3 Å². The minimum absolute atomic E-state index is 0.305. The summed E-state index contributed by atoms with van der Waals surface area (Å²) in [6, 6.07) is 8.23. The SMILES string of the molecule is COc1ccc(C(=O)Nc2cc(Cl)ccc2OC)cn1. The molecule has 104 valence electrons. The van der Waals surface area contributed by atoms with E-state index in [1.807, 2.05) is 0 Å². The summed E-state index contributed by atoms with van der Waals surface area (Å²) in [4.78, 5) is 16.1. The second-order valence-electron chi connectivity index (χ2n) is 3.89. The van der Waals surface area contributed by atoms with Crippen LogP contribution in [-0.4, -0.2) is 25.1 Å². The van der Waals surface area contributed by atoms with Crippen molar-refractivity contribution in [3.63, 3.8) is 0 Å². The number of methoxy groups -OCH3 is 2. The number of rotatable bonds is 4. The molecule has 0 aliphatic carbocycles. The maximum atomic E-state index is 12.1. The molecule has 2 aromatic rings. The minimum Gasteiger partial charge on any atom is -0.495 e. The lowest BCUT2D eigenvalue weighted by Gasteiger charge is -2.10. The van der Waals surface area contributed by atoms with Crippen molar-refractivity contribution in [1.82, 2.24) is 4.98 Å². The number of carbonyl (C=O) groups excluding carboxylic acids is 1. The Hall–Kier alpha value is -2.27. The van der Waals surface area contributed by atoms with Gasteiger partial charge in [0.05, 0.1) is 25.5 Å². The quantitative estimate of drug-likeness (QED) is 0.941. The van der Waals surface area contributed by atoms with E-state index in [1.165, 1.54) is 20.4 Å². The van der Waals surface area contributed by atoms with Crippen molar-refractivity contribution in [2.75, 3.05) is 19.5 Å². The number of ether oxygens (including phenoxy) is 2. The fraction of sp³-hybridized carbons (Fsp3) is 0.143. The first-order valence-corrected chi connectivity index (χ1v) is 6.17. The Morgan fingerprint density at radius 3 is 2.60 bits per heavy atom. The van der Waals surface area contributed by atoms with Crippen LogP contribution in [0.15, 0.2) is 36.5 Å². The Kier molecular flexibility index (Phi) is 4.42. The summed E-state index contributed by atoms with van der Waals surface area (Å²) < 4.78 is 10.1. The summed E-state index contributed by atoms with van der Waals surface area (Å²) in [5.74, 6) is 0.673. The van der Waals surface area contributed by atoms with E-state index < -0.39 is 0 Å². The average molecular weight is 293 g/mol. The van der Waals surface area contributed by atoms with Gasteiger partial charge in [0.25, 0.3) is 5.91 Å². The molecule has 0 fully saturated rings. The van der Waals surface area contributed by atoms with Crippen LogP contribution >= 0.6 is 11.6 Å². The van der Waals surface area contributed by atoms with E-state index in [0.717, 1.165) is 0 Å². The summed E-state index contributed by atoms with van der Waals surface area (Å²) in [5.41, 5.74) is 0.911. The number of halogens is 1. The fourth-order valence-electron chi connectivity index (χ4n) is 1.61. The van der Waals surface area contributed by atoms with Crippen molar-refractivity contribution >= 4 is 23.2 Å². The number of pyridine rings is 1. The number of nitrogens with zero attached hydrogens (tertiary/aromatic N) is 1.